The Morgan fingerprint density at radius 2 is 2.00 bits per heavy atom. The maximum Gasteiger partial charge on any atom is 0.258 e. The number of nitrogens with one attached hydrogen (secondary N) is 2. The van der Waals surface area contributed by atoms with Crippen molar-refractivity contribution in [1.29, 1.82) is 0 Å². The Morgan fingerprint density at radius 3 is 2.81 bits per heavy atom. The molecule has 1 atom stereocenters. The van der Waals surface area contributed by atoms with Gasteiger partial charge in [0, 0.05) is 19.4 Å². The average Bonchev–Trinajstić information content (AvgIpc) is 3.34. The molecule has 0 aliphatic carbocycles. The molecule has 0 saturated carbocycles. The van der Waals surface area contributed by atoms with Crippen LogP contribution in [0.5, 0.6) is 5.75 Å². The fourth-order valence-electron chi connectivity index (χ4n) is 4.33. The van der Waals surface area contributed by atoms with Crippen LogP contribution in [-0.2, 0) is 11.2 Å². The van der Waals surface area contributed by atoms with Crippen LogP contribution in [0.3, 0.4) is 0 Å². The molecule has 0 radical (unpaired) electrons. The van der Waals surface area contributed by atoms with E-state index in [0.29, 0.717) is 42.5 Å². The van der Waals surface area contributed by atoms with Gasteiger partial charge in [-0.25, -0.2) is 4.98 Å². The highest BCUT2D eigenvalue weighted by Crippen LogP contribution is 2.27. The van der Waals surface area contributed by atoms with E-state index in [9.17, 15) is 9.59 Å². The van der Waals surface area contributed by atoms with E-state index in [-0.39, 0.29) is 17.5 Å². The molecule has 1 fully saturated rings. The van der Waals surface area contributed by atoms with Gasteiger partial charge in [0.2, 0.25) is 5.91 Å². The van der Waals surface area contributed by atoms with Crippen LogP contribution in [0, 0.1) is 0 Å². The van der Waals surface area contributed by atoms with Gasteiger partial charge in [-0.2, -0.15) is 0 Å². The predicted octanol–water partition coefficient (Wildman–Crippen LogP) is 3.21. The molecule has 1 amide bonds. The molecule has 3 aromatic rings. The molecule has 1 unspecified atom stereocenters. The van der Waals surface area contributed by atoms with E-state index in [1.54, 1.807) is 13.2 Å². The van der Waals surface area contributed by atoms with Crippen molar-refractivity contribution in [2.45, 2.75) is 38.1 Å². The van der Waals surface area contributed by atoms with Crippen molar-refractivity contribution in [2.75, 3.05) is 26.7 Å². The van der Waals surface area contributed by atoms with E-state index in [2.05, 4.69) is 32.3 Å². The Labute approximate surface area is 187 Å². The Hall–Kier alpha value is -3.19. The number of aromatic nitrogens is 2. The Kier molecular flexibility index (Phi) is 7.17. The average molecular weight is 435 g/mol. The zero-order valence-corrected chi connectivity index (χ0v) is 18.5. The number of fused-ring (bicyclic) bond motifs is 1. The number of likely N-dealkylation sites (tertiary alicyclic amines) is 1. The van der Waals surface area contributed by atoms with Gasteiger partial charge in [-0.15, -0.1) is 0 Å². The molecule has 2 aromatic carbocycles. The maximum atomic E-state index is 12.5. The molecule has 1 aliphatic heterocycles. The van der Waals surface area contributed by atoms with E-state index in [1.807, 2.05) is 30.3 Å². The second kappa shape index (κ2) is 10.4. The second-order valence-corrected chi connectivity index (χ2v) is 8.22. The number of para-hydroxylation sites is 1. The minimum Gasteiger partial charge on any atom is -0.497 e. The lowest BCUT2D eigenvalue weighted by atomic mass is 10.0. The Morgan fingerprint density at radius 1 is 1.19 bits per heavy atom. The number of aromatic amines is 1. The highest BCUT2D eigenvalue weighted by molar-refractivity contribution is 5.77. The second-order valence-electron chi connectivity index (χ2n) is 8.22. The fraction of sp³-hybridized carbons (Fsp3) is 0.400. The molecule has 1 saturated heterocycles. The molecule has 0 bridgehead atoms. The van der Waals surface area contributed by atoms with Crippen LogP contribution in [0.2, 0.25) is 0 Å². The van der Waals surface area contributed by atoms with Crippen LogP contribution in [0.1, 0.15) is 43.1 Å². The molecule has 7 heteroatoms. The normalized spacial score (nSPS) is 15.0. The third-order valence-corrected chi connectivity index (χ3v) is 6.03. The number of hydrogen-bond acceptors (Lipinski definition) is 5. The summed E-state index contributed by atoms with van der Waals surface area (Å²) >= 11 is 0. The van der Waals surface area contributed by atoms with Crippen molar-refractivity contribution in [2.24, 2.45) is 0 Å². The van der Waals surface area contributed by atoms with Gasteiger partial charge < -0.3 is 15.0 Å². The van der Waals surface area contributed by atoms with Crippen LogP contribution < -0.4 is 15.6 Å². The number of ether oxygens (including phenoxy) is 1. The van der Waals surface area contributed by atoms with Gasteiger partial charge >= 0.3 is 0 Å². The summed E-state index contributed by atoms with van der Waals surface area (Å²) in [5.74, 6) is 1.46. The standard InChI is InChI=1S/C25H30N4O3/c1-32-19-9-6-8-18(16-19)22(29-14-4-5-15-29)17-26-24(30)13-7-12-23-27-21-11-3-2-10-20(21)25(31)28-23/h2-3,6,8-11,16,22H,4-5,7,12-15,17H2,1H3,(H,26,30)(H,27,28,31). The molecule has 2 N–H and O–H groups in total. The number of carbonyl (C=O) groups excluding carboxylic acids is 1. The monoisotopic (exact) mass is 434 g/mol. The van der Waals surface area contributed by atoms with Gasteiger partial charge in [-0.1, -0.05) is 24.3 Å². The number of methoxy groups -OCH3 is 1. The molecular weight excluding hydrogens is 404 g/mol. The largest absolute Gasteiger partial charge is 0.497 e. The van der Waals surface area contributed by atoms with Gasteiger partial charge in [0.1, 0.15) is 11.6 Å². The number of H-pyrrole nitrogens is 1. The molecule has 1 aliphatic rings. The molecule has 7 nitrogen and oxygen atoms in total. The van der Waals surface area contributed by atoms with Gasteiger partial charge in [-0.05, 0) is 62.2 Å². The van der Waals surface area contributed by atoms with Crippen LogP contribution in [0.15, 0.2) is 53.3 Å². The van der Waals surface area contributed by atoms with Crippen molar-refractivity contribution in [1.82, 2.24) is 20.2 Å². The molecule has 2 heterocycles. The van der Waals surface area contributed by atoms with Crippen LogP contribution in [-0.4, -0.2) is 47.5 Å². The highest BCUT2D eigenvalue weighted by Gasteiger charge is 2.24. The fourth-order valence-corrected chi connectivity index (χ4v) is 4.33. The summed E-state index contributed by atoms with van der Waals surface area (Å²) in [7, 11) is 1.67. The maximum absolute atomic E-state index is 12.5. The van der Waals surface area contributed by atoms with Crippen LogP contribution in [0.25, 0.3) is 10.9 Å². The quantitative estimate of drug-likeness (QED) is 0.540. The summed E-state index contributed by atoms with van der Waals surface area (Å²) in [6.45, 7) is 2.65. The molecule has 4 rings (SSSR count). The summed E-state index contributed by atoms with van der Waals surface area (Å²) in [5.41, 5.74) is 1.70. The molecular formula is C25H30N4O3. The van der Waals surface area contributed by atoms with E-state index in [0.717, 1.165) is 24.4 Å². The number of amides is 1. The molecule has 32 heavy (non-hydrogen) atoms. The lowest BCUT2D eigenvalue weighted by molar-refractivity contribution is -0.121. The van der Waals surface area contributed by atoms with Crippen molar-refractivity contribution in [3.05, 3.63) is 70.3 Å². The van der Waals surface area contributed by atoms with Crippen molar-refractivity contribution >= 4 is 16.8 Å². The lowest BCUT2D eigenvalue weighted by Gasteiger charge is -2.28. The first-order valence-electron chi connectivity index (χ1n) is 11.3. The minimum absolute atomic E-state index is 0.0141. The van der Waals surface area contributed by atoms with E-state index < -0.39 is 0 Å². The molecule has 0 spiro atoms. The number of carbonyl (C=O) groups is 1. The van der Waals surface area contributed by atoms with E-state index >= 15 is 0 Å². The summed E-state index contributed by atoms with van der Waals surface area (Å²) in [6, 6.07) is 15.5. The minimum atomic E-state index is -0.137. The molecule has 168 valence electrons. The number of nitrogens with zero attached hydrogens (tertiary/aromatic N) is 2. The lowest BCUT2D eigenvalue weighted by Crippen LogP contribution is -2.36. The van der Waals surface area contributed by atoms with Crippen molar-refractivity contribution < 1.29 is 9.53 Å². The van der Waals surface area contributed by atoms with Crippen molar-refractivity contribution in [3.63, 3.8) is 0 Å². The third-order valence-electron chi connectivity index (χ3n) is 6.03. The third kappa shape index (κ3) is 5.34. The first-order valence-corrected chi connectivity index (χ1v) is 11.3. The van der Waals surface area contributed by atoms with E-state index in [4.69, 9.17) is 4.74 Å². The zero-order valence-electron chi connectivity index (χ0n) is 18.5. The Bertz CT molecular complexity index is 1120. The number of rotatable bonds is 9. The first kappa shape index (κ1) is 22.0. The number of benzene rings is 2. The zero-order chi connectivity index (χ0) is 22.3. The van der Waals surface area contributed by atoms with Gasteiger partial charge in [0.05, 0.1) is 24.1 Å². The highest BCUT2D eigenvalue weighted by atomic mass is 16.5. The summed E-state index contributed by atoms with van der Waals surface area (Å²) in [6.07, 6.45) is 3.94. The predicted molar refractivity (Wildman–Crippen MR) is 125 cm³/mol. The van der Waals surface area contributed by atoms with E-state index in [1.165, 1.54) is 12.8 Å². The van der Waals surface area contributed by atoms with Crippen LogP contribution in [0.4, 0.5) is 0 Å². The summed E-state index contributed by atoms with van der Waals surface area (Å²) in [4.78, 5) is 34.5. The van der Waals surface area contributed by atoms with Gasteiger partial charge in [-0.3, -0.25) is 14.5 Å². The molecule has 1 aromatic heterocycles. The Balaban J connectivity index is 1.33. The number of hydrogen-bond donors (Lipinski definition) is 2. The SMILES string of the molecule is COc1cccc(C(CNC(=O)CCCc2nc3ccccc3c(=O)[nH]2)N2CCCC2)c1. The number of aryl methyl sites for hydroxylation is 1. The topological polar surface area (TPSA) is 87.3 Å². The smallest absolute Gasteiger partial charge is 0.258 e. The van der Waals surface area contributed by atoms with Gasteiger partial charge in [0.15, 0.2) is 0 Å². The van der Waals surface area contributed by atoms with Gasteiger partial charge in [0.25, 0.3) is 5.56 Å². The summed E-state index contributed by atoms with van der Waals surface area (Å²) < 4.78 is 5.39. The first-order chi connectivity index (χ1) is 15.6. The summed E-state index contributed by atoms with van der Waals surface area (Å²) in [5, 5.41) is 3.69. The van der Waals surface area contributed by atoms with Crippen LogP contribution >= 0.6 is 0 Å². The van der Waals surface area contributed by atoms with Crippen molar-refractivity contribution in [3.8, 4) is 5.75 Å².